The van der Waals surface area contributed by atoms with Gasteiger partial charge in [-0.25, -0.2) is 0 Å². The van der Waals surface area contributed by atoms with E-state index in [1.165, 1.54) is 6.07 Å². The van der Waals surface area contributed by atoms with Crippen LogP contribution in [0.3, 0.4) is 0 Å². The van der Waals surface area contributed by atoms with Crippen molar-refractivity contribution in [1.29, 1.82) is 5.26 Å². The minimum absolute atomic E-state index is 0.0877. The highest BCUT2D eigenvalue weighted by Crippen LogP contribution is 2.32. The van der Waals surface area contributed by atoms with Gasteiger partial charge in [-0.05, 0) is 32.4 Å². The van der Waals surface area contributed by atoms with Gasteiger partial charge in [-0.3, -0.25) is 14.8 Å². The Balaban J connectivity index is 2.44. The summed E-state index contributed by atoms with van der Waals surface area (Å²) in [5, 5.41) is 27.8. The molecule has 7 nitrogen and oxygen atoms in total. The number of nitrogens with one attached hydrogen (secondary N) is 1. The van der Waals surface area contributed by atoms with Crippen LogP contribution in [0.4, 0.5) is 11.4 Å². The van der Waals surface area contributed by atoms with E-state index in [1.54, 1.807) is 12.1 Å². The molecule has 1 aromatic heterocycles. The summed E-state index contributed by atoms with van der Waals surface area (Å²) in [6.07, 6.45) is 0.754. The minimum Gasteiger partial charge on any atom is -0.373 e. The molecular formula is C16H19N5O2. The first-order chi connectivity index (χ1) is 10.9. The smallest absolute Gasteiger partial charge is 0.293 e. The molecule has 23 heavy (non-hydrogen) atoms. The van der Waals surface area contributed by atoms with Crippen molar-refractivity contribution >= 4 is 11.4 Å². The van der Waals surface area contributed by atoms with E-state index in [2.05, 4.69) is 10.4 Å². The van der Waals surface area contributed by atoms with Crippen LogP contribution in [0.25, 0.3) is 0 Å². The van der Waals surface area contributed by atoms with Gasteiger partial charge in [0, 0.05) is 24.4 Å². The van der Waals surface area contributed by atoms with Crippen molar-refractivity contribution < 1.29 is 4.92 Å². The summed E-state index contributed by atoms with van der Waals surface area (Å²) in [6, 6.07) is 6.28. The zero-order chi connectivity index (χ0) is 17.1. The molecular weight excluding hydrogens is 294 g/mol. The lowest BCUT2D eigenvalue weighted by Gasteiger charge is -2.19. The quantitative estimate of drug-likeness (QED) is 0.674. The molecule has 7 heteroatoms. The molecule has 1 N–H and O–H groups in total. The summed E-state index contributed by atoms with van der Waals surface area (Å²) in [6.45, 7) is 5.92. The molecule has 0 saturated carbocycles. The molecule has 2 aromatic rings. The Bertz CT molecular complexity index is 788. The molecule has 1 unspecified atom stereocenters. The molecule has 0 saturated heterocycles. The van der Waals surface area contributed by atoms with Gasteiger partial charge in [-0.1, -0.05) is 6.92 Å². The summed E-state index contributed by atoms with van der Waals surface area (Å²) in [5.41, 5.74) is 3.56. The van der Waals surface area contributed by atoms with Crippen molar-refractivity contribution in [3.8, 4) is 6.07 Å². The van der Waals surface area contributed by atoms with Gasteiger partial charge in [-0.2, -0.15) is 10.4 Å². The molecule has 0 fully saturated rings. The zero-order valence-corrected chi connectivity index (χ0v) is 13.6. The predicted octanol–water partition coefficient (Wildman–Crippen LogP) is 3.38. The number of hydrogen-bond acceptors (Lipinski definition) is 5. The van der Waals surface area contributed by atoms with Crippen LogP contribution in [0.15, 0.2) is 18.2 Å². The van der Waals surface area contributed by atoms with Gasteiger partial charge in [0.2, 0.25) is 0 Å². The van der Waals surface area contributed by atoms with Crippen molar-refractivity contribution in [1.82, 2.24) is 9.78 Å². The number of nitro groups is 1. The number of nitro benzene ring substituents is 1. The summed E-state index contributed by atoms with van der Waals surface area (Å²) < 4.78 is 1.81. The zero-order valence-electron chi connectivity index (χ0n) is 13.6. The van der Waals surface area contributed by atoms with E-state index >= 15 is 0 Å². The van der Waals surface area contributed by atoms with E-state index in [9.17, 15) is 10.1 Å². The number of hydrogen-bond donors (Lipinski definition) is 1. The lowest BCUT2D eigenvalue weighted by molar-refractivity contribution is -0.384. The first kappa shape index (κ1) is 16.5. The molecule has 1 atom stereocenters. The van der Waals surface area contributed by atoms with Crippen molar-refractivity contribution in [2.24, 2.45) is 7.05 Å². The summed E-state index contributed by atoms with van der Waals surface area (Å²) in [4.78, 5) is 10.8. The first-order valence-electron chi connectivity index (χ1n) is 7.34. The van der Waals surface area contributed by atoms with Crippen LogP contribution in [0.2, 0.25) is 0 Å². The van der Waals surface area contributed by atoms with Crippen LogP contribution in [0.5, 0.6) is 0 Å². The van der Waals surface area contributed by atoms with Gasteiger partial charge in [0.15, 0.2) is 0 Å². The minimum atomic E-state index is -0.473. The predicted molar refractivity (Wildman–Crippen MR) is 87.1 cm³/mol. The highest BCUT2D eigenvalue weighted by molar-refractivity contribution is 5.65. The maximum absolute atomic E-state index is 11.3. The van der Waals surface area contributed by atoms with Crippen molar-refractivity contribution in [3.05, 3.63) is 50.8 Å². The molecule has 0 aliphatic carbocycles. The molecule has 120 valence electrons. The molecule has 0 aliphatic rings. The fraction of sp³-hybridized carbons (Fsp3) is 0.375. The highest BCUT2D eigenvalue weighted by atomic mass is 16.6. The fourth-order valence-corrected chi connectivity index (χ4v) is 2.73. The third-order valence-corrected chi connectivity index (χ3v) is 3.97. The average molecular weight is 313 g/mol. The van der Waals surface area contributed by atoms with Crippen LogP contribution in [-0.4, -0.2) is 14.7 Å². The molecule has 0 amide bonds. The maximum Gasteiger partial charge on any atom is 0.293 e. The van der Waals surface area contributed by atoms with Crippen LogP contribution in [0, 0.1) is 35.3 Å². The number of nitriles is 1. The molecule has 1 aromatic carbocycles. The molecule has 0 spiro atoms. The van der Waals surface area contributed by atoms with Crippen LogP contribution in [-0.2, 0) is 7.05 Å². The van der Waals surface area contributed by atoms with E-state index < -0.39 is 4.92 Å². The van der Waals surface area contributed by atoms with Gasteiger partial charge in [0.25, 0.3) is 5.69 Å². The van der Waals surface area contributed by atoms with E-state index in [4.69, 9.17) is 5.26 Å². The van der Waals surface area contributed by atoms with E-state index in [1.807, 2.05) is 38.6 Å². The highest BCUT2D eigenvalue weighted by Gasteiger charge is 2.22. The average Bonchev–Trinajstić information content (AvgIpc) is 2.78. The van der Waals surface area contributed by atoms with Crippen LogP contribution < -0.4 is 5.32 Å². The standard InChI is InChI=1S/C16H19N5O2/c1-5-13(16-10(2)19-20(4)11(16)3)18-14-7-6-12(9-17)8-15(14)21(22)23/h6-8,13,18H,5H2,1-4H3. The maximum atomic E-state index is 11.3. The molecule has 0 bridgehead atoms. The van der Waals surface area contributed by atoms with E-state index in [0.717, 1.165) is 23.4 Å². The molecule has 0 aliphatic heterocycles. The third kappa shape index (κ3) is 3.16. The monoisotopic (exact) mass is 313 g/mol. The van der Waals surface area contributed by atoms with Crippen molar-refractivity contribution in [2.45, 2.75) is 33.2 Å². The van der Waals surface area contributed by atoms with Gasteiger partial charge < -0.3 is 5.32 Å². The number of rotatable bonds is 5. The topological polar surface area (TPSA) is 96.8 Å². The number of benzene rings is 1. The van der Waals surface area contributed by atoms with Gasteiger partial charge in [-0.15, -0.1) is 0 Å². The first-order valence-corrected chi connectivity index (χ1v) is 7.34. The Morgan fingerprint density at radius 3 is 2.65 bits per heavy atom. The number of aryl methyl sites for hydroxylation is 2. The lowest BCUT2D eigenvalue weighted by Crippen LogP contribution is -2.13. The van der Waals surface area contributed by atoms with E-state index in [-0.39, 0.29) is 17.3 Å². The summed E-state index contributed by atoms with van der Waals surface area (Å²) in [7, 11) is 1.88. The number of aromatic nitrogens is 2. The van der Waals surface area contributed by atoms with Crippen molar-refractivity contribution in [2.75, 3.05) is 5.32 Å². The summed E-state index contributed by atoms with van der Waals surface area (Å²) in [5.74, 6) is 0. The Hall–Kier alpha value is -2.88. The lowest BCUT2D eigenvalue weighted by atomic mass is 10.0. The van der Waals surface area contributed by atoms with Gasteiger partial charge in [0.1, 0.15) is 5.69 Å². The van der Waals surface area contributed by atoms with Gasteiger partial charge >= 0.3 is 0 Å². The Morgan fingerprint density at radius 2 is 2.17 bits per heavy atom. The molecule has 2 rings (SSSR count). The molecule has 1 heterocycles. The normalized spacial score (nSPS) is 11.8. The van der Waals surface area contributed by atoms with Gasteiger partial charge in [0.05, 0.1) is 28.3 Å². The largest absolute Gasteiger partial charge is 0.373 e. The fourth-order valence-electron chi connectivity index (χ4n) is 2.73. The Labute approximate surface area is 134 Å². The van der Waals surface area contributed by atoms with Crippen molar-refractivity contribution in [3.63, 3.8) is 0 Å². The SMILES string of the molecule is CCC(Nc1ccc(C#N)cc1[N+](=O)[O-])c1c(C)nn(C)c1C. The number of nitrogens with zero attached hydrogens (tertiary/aromatic N) is 4. The Morgan fingerprint density at radius 1 is 1.48 bits per heavy atom. The second-order valence-corrected chi connectivity index (χ2v) is 5.41. The second kappa shape index (κ2) is 6.48. The number of anilines is 1. The molecule has 0 radical (unpaired) electrons. The summed E-state index contributed by atoms with van der Waals surface area (Å²) >= 11 is 0. The van der Waals surface area contributed by atoms with Crippen LogP contribution >= 0.6 is 0 Å². The Kier molecular flexibility index (Phi) is 4.65. The van der Waals surface area contributed by atoms with Crippen LogP contribution in [0.1, 0.15) is 41.9 Å². The van der Waals surface area contributed by atoms with E-state index in [0.29, 0.717) is 5.69 Å². The third-order valence-electron chi connectivity index (χ3n) is 3.97. The second-order valence-electron chi connectivity index (χ2n) is 5.41.